The van der Waals surface area contributed by atoms with Crippen molar-refractivity contribution < 1.29 is 33.9 Å². The summed E-state index contributed by atoms with van der Waals surface area (Å²) in [7, 11) is 0. The smallest absolute Gasteiger partial charge is 0.494 e. The molecule has 0 aliphatic heterocycles. The van der Waals surface area contributed by atoms with E-state index in [1.165, 1.54) is 12.1 Å². The molecule has 23 heavy (non-hydrogen) atoms. The number of ether oxygens (including phenoxy) is 2. The molecule has 128 valence electrons. The number of carbonyl (C=O) groups is 2. The van der Waals surface area contributed by atoms with E-state index in [1.807, 2.05) is 13.8 Å². The van der Waals surface area contributed by atoms with Crippen LogP contribution in [0.1, 0.15) is 44.0 Å². The molecule has 0 heterocycles. The highest BCUT2D eigenvalue weighted by Gasteiger charge is 2.12. The third kappa shape index (κ3) is 8.06. The highest BCUT2D eigenvalue weighted by Crippen LogP contribution is 2.13. The van der Waals surface area contributed by atoms with Crippen molar-refractivity contribution in [3.8, 4) is 5.75 Å². The lowest BCUT2D eigenvalue weighted by Crippen LogP contribution is -2.14. The monoisotopic (exact) mass is 326 g/mol. The van der Waals surface area contributed by atoms with E-state index < -0.39 is 12.1 Å². The van der Waals surface area contributed by atoms with Crippen LogP contribution in [0.2, 0.25) is 0 Å². The van der Waals surface area contributed by atoms with Gasteiger partial charge in [0.25, 0.3) is 0 Å². The normalized spacial score (nSPS) is 10.3. The molecule has 1 rings (SSSR count). The first-order chi connectivity index (χ1) is 11.0. The van der Waals surface area contributed by atoms with E-state index in [0.717, 1.165) is 12.8 Å². The van der Waals surface area contributed by atoms with Crippen LogP contribution in [0.15, 0.2) is 24.3 Å². The summed E-state index contributed by atoms with van der Waals surface area (Å²) in [6.45, 7) is 6.60. The number of hydrogen-bond acceptors (Lipinski definition) is 7. The lowest BCUT2D eigenvalue weighted by atomic mass is 10.2. The topological polar surface area (TPSA) is 80.3 Å². The zero-order valence-corrected chi connectivity index (χ0v) is 13.6. The SMILES string of the molecule is CCCCOc1ccc(C(=O)OOOC(=O)OCC(C)C)cc1. The fraction of sp³-hybridized carbons (Fsp3) is 0.500. The van der Waals surface area contributed by atoms with Gasteiger partial charge < -0.3 is 9.47 Å². The van der Waals surface area contributed by atoms with Gasteiger partial charge in [0.1, 0.15) is 5.75 Å². The van der Waals surface area contributed by atoms with E-state index in [-0.39, 0.29) is 18.1 Å². The van der Waals surface area contributed by atoms with Gasteiger partial charge in [-0.15, -0.1) is 0 Å². The van der Waals surface area contributed by atoms with Gasteiger partial charge in [0.2, 0.25) is 0 Å². The van der Waals surface area contributed by atoms with Crippen LogP contribution in [0.25, 0.3) is 0 Å². The Morgan fingerprint density at radius 3 is 2.39 bits per heavy atom. The molecule has 0 fully saturated rings. The van der Waals surface area contributed by atoms with Crippen LogP contribution in [0, 0.1) is 5.92 Å². The van der Waals surface area contributed by atoms with Gasteiger partial charge in [-0.1, -0.05) is 27.2 Å². The Balaban J connectivity index is 2.30. The molecular weight excluding hydrogens is 304 g/mol. The molecule has 0 N–H and O–H groups in total. The van der Waals surface area contributed by atoms with E-state index >= 15 is 0 Å². The number of rotatable bonds is 9. The molecule has 7 nitrogen and oxygen atoms in total. The molecule has 0 aromatic heterocycles. The average Bonchev–Trinajstić information content (AvgIpc) is 2.53. The molecule has 1 aromatic carbocycles. The molecule has 0 saturated carbocycles. The fourth-order valence-electron chi connectivity index (χ4n) is 1.40. The van der Waals surface area contributed by atoms with Crippen molar-refractivity contribution in [2.75, 3.05) is 13.2 Å². The summed E-state index contributed by atoms with van der Waals surface area (Å²) in [5.41, 5.74) is 0.229. The Morgan fingerprint density at radius 1 is 1.09 bits per heavy atom. The van der Waals surface area contributed by atoms with Gasteiger partial charge in [-0.3, -0.25) is 4.89 Å². The second-order valence-electron chi connectivity index (χ2n) is 5.20. The molecule has 7 heteroatoms. The summed E-state index contributed by atoms with van der Waals surface area (Å²) < 4.78 is 10.1. The van der Waals surface area contributed by atoms with Crippen LogP contribution in [-0.4, -0.2) is 25.3 Å². The van der Waals surface area contributed by atoms with Gasteiger partial charge in [-0.2, -0.15) is 0 Å². The Bertz CT molecular complexity index is 482. The van der Waals surface area contributed by atoms with Crippen LogP contribution in [0.4, 0.5) is 4.79 Å². The standard InChI is InChI=1S/C16H22O7/c1-4-5-10-19-14-8-6-13(7-9-14)15(17)21-23-22-16(18)20-11-12(2)3/h6-9,12H,4-5,10-11H2,1-3H3. The second kappa shape index (κ2) is 10.4. The minimum Gasteiger partial charge on any atom is -0.494 e. The van der Waals surface area contributed by atoms with E-state index in [9.17, 15) is 9.59 Å². The van der Waals surface area contributed by atoms with Gasteiger partial charge in [0.05, 0.1) is 23.8 Å². The maximum absolute atomic E-state index is 11.6. The maximum Gasteiger partial charge on any atom is 0.543 e. The number of benzene rings is 1. The first kappa shape index (κ1) is 18.8. The van der Waals surface area contributed by atoms with Crippen LogP contribution in [0.5, 0.6) is 5.75 Å². The summed E-state index contributed by atoms with van der Waals surface area (Å²) in [5, 5.41) is 4.10. The fourth-order valence-corrected chi connectivity index (χ4v) is 1.40. The van der Waals surface area contributed by atoms with Crippen molar-refractivity contribution >= 4 is 12.1 Å². The van der Waals surface area contributed by atoms with Crippen molar-refractivity contribution in [1.29, 1.82) is 0 Å². The Labute approximate surface area is 135 Å². The predicted molar refractivity (Wildman–Crippen MR) is 80.6 cm³/mol. The summed E-state index contributed by atoms with van der Waals surface area (Å²) in [4.78, 5) is 31.2. The van der Waals surface area contributed by atoms with Gasteiger partial charge in [0.15, 0.2) is 0 Å². The summed E-state index contributed by atoms with van der Waals surface area (Å²) in [5.74, 6) is 0.00867. The van der Waals surface area contributed by atoms with Crippen LogP contribution >= 0.6 is 0 Å². The molecule has 0 radical (unpaired) electrons. The van der Waals surface area contributed by atoms with Gasteiger partial charge >= 0.3 is 12.1 Å². The first-order valence-corrected chi connectivity index (χ1v) is 7.48. The molecule has 0 atom stereocenters. The Kier molecular flexibility index (Phi) is 8.52. The largest absolute Gasteiger partial charge is 0.543 e. The van der Waals surface area contributed by atoms with Crippen LogP contribution < -0.4 is 4.74 Å². The molecule has 0 bridgehead atoms. The number of unbranched alkanes of at least 4 members (excludes halogenated alkanes) is 1. The van der Waals surface area contributed by atoms with E-state index in [0.29, 0.717) is 12.4 Å². The van der Waals surface area contributed by atoms with Crippen LogP contribution in [0.3, 0.4) is 0 Å². The molecule has 0 aliphatic carbocycles. The molecule has 0 unspecified atom stereocenters. The zero-order chi connectivity index (χ0) is 17.1. The third-order valence-corrected chi connectivity index (χ3v) is 2.60. The highest BCUT2D eigenvalue weighted by atomic mass is 17.5. The second-order valence-corrected chi connectivity index (χ2v) is 5.20. The maximum atomic E-state index is 11.6. The van der Waals surface area contributed by atoms with Crippen molar-refractivity contribution in [2.45, 2.75) is 33.6 Å². The lowest BCUT2D eigenvalue weighted by molar-refractivity contribution is -0.452. The molecule has 0 spiro atoms. The number of hydrogen-bond donors (Lipinski definition) is 0. The Morgan fingerprint density at radius 2 is 1.78 bits per heavy atom. The van der Waals surface area contributed by atoms with E-state index in [1.54, 1.807) is 12.1 Å². The van der Waals surface area contributed by atoms with Crippen molar-refractivity contribution in [3.05, 3.63) is 29.8 Å². The average molecular weight is 326 g/mol. The predicted octanol–water partition coefficient (Wildman–Crippen LogP) is 3.68. The van der Waals surface area contributed by atoms with Crippen LogP contribution in [-0.2, 0) is 19.6 Å². The zero-order valence-electron chi connectivity index (χ0n) is 13.6. The minimum absolute atomic E-state index is 0.156. The van der Waals surface area contributed by atoms with Gasteiger partial charge in [-0.05, 0) is 36.6 Å². The first-order valence-electron chi connectivity index (χ1n) is 7.48. The summed E-state index contributed by atoms with van der Waals surface area (Å²) >= 11 is 0. The molecule has 1 aromatic rings. The quantitative estimate of drug-likeness (QED) is 0.296. The van der Waals surface area contributed by atoms with Crippen molar-refractivity contribution in [2.24, 2.45) is 5.92 Å². The molecule has 0 amide bonds. The van der Waals surface area contributed by atoms with Crippen molar-refractivity contribution in [3.63, 3.8) is 0 Å². The Hall–Kier alpha value is -2.28. The van der Waals surface area contributed by atoms with Crippen molar-refractivity contribution in [1.82, 2.24) is 0 Å². The minimum atomic E-state index is -1.08. The third-order valence-electron chi connectivity index (χ3n) is 2.60. The summed E-state index contributed by atoms with van der Waals surface area (Å²) in [6.07, 6.45) is 0.926. The summed E-state index contributed by atoms with van der Waals surface area (Å²) in [6, 6.07) is 6.32. The highest BCUT2D eigenvalue weighted by molar-refractivity contribution is 5.89. The van der Waals surface area contributed by atoms with Gasteiger partial charge in [-0.25, -0.2) is 14.5 Å². The van der Waals surface area contributed by atoms with E-state index in [2.05, 4.69) is 26.5 Å². The molecule has 0 saturated heterocycles. The van der Waals surface area contributed by atoms with E-state index in [4.69, 9.17) is 4.74 Å². The van der Waals surface area contributed by atoms with Gasteiger partial charge in [0, 0.05) is 0 Å². The number of carbonyl (C=O) groups excluding carboxylic acids is 2. The molecule has 0 aliphatic rings. The molecular formula is C16H22O7. The lowest BCUT2D eigenvalue weighted by Gasteiger charge is -2.07.